The smallest absolute Gasteiger partial charge is 0.307 e. The molecule has 1 atom stereocenters. The SMILES string of the molecule is CN=C(NCCC(=O)OC(C)C)NCC(C)Oc1cccc(F)c1. The van der Waals surface area contributed by atoms with E-state index in [1.54, 1.807) is 19.2 Å². The quantitative estimate of drug-likeness (QED) is 0.431. The van der Waals surface area contributed by atoms with Crippen LogP contribution in [0.25, 0.3) is 0 Å². The first kappa shape index (κ1) is 19.7. The minimum absolute atomic E-state index is 0.115. The van der Waals surface area contributed by atoms with Gasteiger partial charge in [0.25, 0.3) is 0 Å². The van der Waals surface area contributed by atoms with Crippen LogP contribution in [0.5, 0.6) is 5.75 Å². The number of nitrogens with one attached hydrogen (secondary N) is 2. The van der Waals surface area contributed by atoms with E-state index < -0.39 is 0 Å². The predicted molar refractivity (Wildman–Crippen MR) is 91.7 cm³/mol. The summed E-state index contributed by atoms with van der Waals surface area (Å²) in [4.78, 5) is 15.5. The van der Waals surface area contributed by atoms with E-state index in [4.69, 9.17) is 9.47 Å². The lowest BCUT2D eigenvalue weighted by Crippen LogP contribution is -2.42. The summed E-state index contributed by atoms with van der Waals surface area (Å²) >= 11 is 0. The second-order valence-corrected chi connectivity index (χ2v) is 5.55. The zero-order valence-corrected chi connectivity index (χ0v) is 14.6. The van der Waals surface area contributed by atoms with E-state index >= 15 is 0 Å². The molecule has 7 heteroatoms. The fraction of sp³-hybridized carbons (Fsp3) is 0.529. The van der Waals surface area contributed by atoms with Crippen LogP contribution in [0.15, 0.2) is 29.3 Å². The Morgan fingerprint density at radius 1 is 1.29 bits per heavy atom. The summed E-state index contributed by atoms with van der Waals surface area (Å²) < 4.78 is 23.8. The van der Waals surface area contributed by atoms with Gasteiger partial charge in [0.2, 0.25) is 0 Å². The first-order valence-electron chi connectivity index (χ1n) is 7.97. The summed E-state index contributed by atoms with van der Waals surface area (Å²) in [5, 5.41) is 6.11. The van der Waals surface area contributed by atoms with Gasteiger partial charge in [-0.2, -0.15) is 0 Å². The highest BCUT2D eigenvalue weighted by Crippen LogP contribution is 2.13. The Balaban J connectivity index is 2.29. The molecule has 0 aliphatic rings. The predicted octanol–water partition coefficient (Wildman–Crippen LogP) is 2.10. The lowest BCUT2D eigenvalue weighted by atomic mass is 10.3. The number of esters is 1. The Bertz CT molecular complexity index is 550. The molecule has 2 N–H and O–H groups in total. The molecule has 6 nitrogen and oxygen atoms in total. The molecule has 0 radical (unpaired) electrons. The fourth-order valence-corrected chi connectivity index (χ4v) is 1.88. The van der Waals surface area contributed by atoms with Crippen molar-refractivity contribution in [1.29, 1.82) is 0 Å². The van der Waals surface area contributed by atoms with Crippen molar-refractivity contribution in [3.05, 3.63) is 30.1 Å². The molecule has 0 bridgehead atoms. The van der Waals surface area contributed by atoms with E-state index in [-0.39, 0.29) is 30.4 Å². The Labute approximate surface area is 142 Å². The first-order chi connectivity index (χ1) is 11.4. The number of halogens is 1. The molecule has 0 spiro atoms. The van der Waals surface area contributed by atoms with E-state index in [2.05, 4.69) is 15.6 Å². The van der Waals surface area contributed by atoms with Gasteiger partial charge in [-0.3, -0.25) is 9.79 Å². The molecule has 1 unspecified atom stereocenters. The topological polar surface area (TPSA) is 72.0 Å². The number of carbonyl (C=O) groups excluding carboxylic acids is 1. The molecule has 0 aromatic heterocycles. The van der Waals surface area contributed by atoms with Crippen LogP contribution in [-0.4, -0.2) is 44.3 Å². The van der Waals surface area contributed by atoms with Crippen LogP contribution >= 0.6 is 0 Å². The van der Waals surface area contributed by atoms with Gasteiger partial charge in [-0.25, -0.2) is 4.39 Å². The third-order valence-electron chi connectivity index (χ3n) is 2.90. The maximum atomic E-state index is 13.1. The van der Waals surface area contributed by atoms with E-state index in [0.717, 1.165) is 0 Å². The van der Waals surface area contributed by atoms with Gasteiger partial charge in [0, 0.05) is 19.7 Å². The largest absolute Gasteiger partial charge is 0.489 e. The summed E-state index contributed by atoms with van der Waals surface area (Å²) in [7, 11) is 1.64. The summed E-state index contributed by atoms with van der Waals surface area (Å²) in [6.45, 7) is 6.39. The molecular weight excluding hydrogens is 313 g/mol. The Hall–Kier alpha value is -2.31. The van der Waals surface area contributed by atoms with Gasteiger partial charge in [-0.05, 0) is 32.9 Å². The number of nitrogens with zero attached hydrogens (tertiary/aromatic N) is 1. The molecule has 0 amide bonds. The average Bonchev–Trinajstić information content (AvgIpc) is 2.50. The Morgan fingerprint density at radius 3 is 2.67 bits per heavy atom. The van der Waals surface area contributed by atoms with Crippen LogP contribution in [0.3, 0.4) is 0 Å². The summed E-state index contributed by atoms with van der Waals surface area (Å²) in [6.07, 6.45) is -0.0409. The van der Waals surface area contributed by atoms with E-state index in [1.807, 2.05) is 20.8 Å². The molecule has 1 rings (SSSR count). The highest BCUT2D eigenvalue weighted by molar-refractivity contribution is 5.80. The van der Waals surface area contributed by atoms with Crippen LogP contribution < -0.4 is 15.4 Å². The van der Waals surface area contributed by atoms with Crippen molar-refractivity contribution < 1.29 is 18.7 Å². The van der Waals surface area contributed by atoms with E-state index in [9.17, 15) is 9.18 Å². The highest BCUT2D eigenvalue weighted by atomic mass is 19.1. The van der Waals surface area contributed by atoms with Crippen molar-refractivity contribution in [2.75, 3.05) is 20.1 Å². The second-order valence-electron chi connectivity index (χ2n) is 5.55. The molecule has 0 saturated heterocycles. The molecule has 0 aliphatic carbocycles. The maximum Gasteiger partial charge on any atom is 0.307 e. The van der Waals surface area contributed by atoms with Crippen LogP contribution in [0.4, 0.5) is 4.39 Å². The van der Waals surface area contributed by atoms with Crippen LogP contribution in [0, 0.1) is 5.82 Å². The fourth-order valence-electron chi connectivity index (χ4n) is 1.88. The molecule has 0 saturated carbocycles. The summed E-state index contributed by atoms with van der Waals surface area (Å²) in [5.74, 6) is 0.444. The van der Waals surface area contributed by atoms with Gasteiger partial charge >= 0.3 is 5.97 Å². The monoisotopic (exact) mass is 339 g/mol. The summed E-state index contributed by atoms with van der Waals surface area (Å²) in [6, 6.07) is 6.00. The van der Waals surface area contributed by atoms with Crippen LogP contribution in [0.1, 0.15) is 27.2 Å². The molecule has 0 heterocycles. The van der Waals surface area contributed by atoms with Crippen molar-refractivity contribution in [3.63, 3.8) is 0 Å². The van der Waals surface area contributed by atoms with Crippen LogP contribution in [-0.2, 0) is 9.53 Å². The zero-order chi connectivity index (χ0) is 17.9. The van der Waals surface area contributed by atoms with Crippen molar-refractivity contribution in [2.24, 2.45) is 4.99 Å². The first-order valence-corrected chi connectivity index (χ1v) is 7.97. The third-order valence-corrected chi connectivity index (χ3v) is 2.90. The van der Waals surface area contributed by atoms with E-state index in [1.165, 1.54) is 12.1 Å². The maximum absolute atomic E-state index is 13.1. The second kappa shape index (κ2) is 10.5. The molecule has 1 aromatic carbocycles. The Morgan fingerprint density at radius 2 is 2.04 bits per heavy atom. The standard InChI is InChI=1S/C17H26FN3O3/c1-12(2)23-16(22)8-9-20-17(19-4)21-11-13(3)24-15-7-5-6-14(18)10-15/h5-7,10,12-13H,8-9,11H2,1-4H3,(H2,19,20,21). The van der Waals surface area contributed by atoms with Gasteiger partial charge in [0.15, 0.2) is 5.96 Å². The molecular formula is C17H26FN3O3. The van der Waals surface area contributed by atoms with Gasteiger partial charge in [0.1, 0.15) is 17.7 Å². The normalized spacial score (nSPS) is 12.7. The number of rotatable bonds is 8. The van der Waals surface area contributed by atoms with Crippen molar-refractivity contribution in [2.45, 2.75) is 39.4 Å². The number of hydrogen-bond donors (Lipinski definition) is 2. The van der Waals surface area contributed by atoms with Crippen molar-refractivity contribution in [3.8, 4) is 5.75 Å². The minimum atomic E-state index is -0.335. The minimum Gasteiger partial charge on any atom is -0.489 e. The van der Waals surface area contributed by atoms with Crippen LogP contribution in [0.2, 0.25) is 0 Å². The average molecular weight is 339 g/mol. The van der Waals surface area contributed by atoms with Gasteiger partial charge in [0.05, 0.1) is 19.1 Å². The lowest BCUT2D eigenvalue weighted by Gasteiger charge is -2.17. The number of carbonyl (C=O) groups is 1. The van der Waals surface area contributed by atoms with Crippen molar-refractivity contribution >= 4 is 11.9 Å². The lowest BCUT2D eigenvalue weighted by molar-refractivity contribution is -0.147. The summed E-state index contributed by atoms with van der Waals surface area (Å²) in [5.41, 5.74) is 0. The zero-order valence-electron chi connectivity index (χ0n) is 14.6. The highest BCUT2D eigenvalue weighted by Gasteiger charge is 2.08. The number of aliphatic imine (C=N–C) groups is 1. The Kier molecular flexibility index (Phi) is 8.60. The molecule has 0 aliphatic heterocycles. The van der Waals surface area contributed by atoms with Gasteiger partial charge in [-0.1, -0.05) is 6.07 Å². The molecule has 0 fully saturated rings. The molecule has 24 heavy (non-hydrogen) atoms. The van der Waals surface area contributed by atoms with Gasteiger partial charge < -0.3 is 20.1 Å². The third kappa shape index (κ3) is 8.36. The molecule has 1 aromatic rings. The van der Waals surface area contributed by atoms with E-state index in [0.29, 0.717) is 24.8 Å². The number of ether oxygens (including phenoxy) is 2. The number of hydrogen-bond acceptors (Lipinski definition) is 4. The van der Waals surface area contributed by atoms with Crippen molar-refractivity contribution in [1.82, 2.24) is 10.6 Å². The van der Waals surface area contributed by atoms with Gasteiger partial charge in [-0.15, -0.1) is 0 Å². The number of benzene rings is 1. The number of guanidine groups is 1. The molecule has 134 valence electrons.